The highest BCUT2D eigenvalue weighted by molar-refractivity contribution is 7.13. The van der Waals surface area contributed by atoms with Crippen LogP contribution in [-0.2, 0) is 24.0 Å². The van der Waals surface area contributed by atoms with Gasteiger partial charge in [0.25, 0.3) is 0 Å². The number of carbonyl (C=O) groups is 2. The van der Waals surface area contributed by atoms with Gasteiger partial charge < -0.3 is 15.2 Å². The van der Waals surface area contributed by atoms with E-state index in [-0.39, 0.29) is 24.3 Å². The van der Waals surface area contributed by atoms with Crippen LogP contribution < -0.4 is 15.5 Å². The van der Waals surface area contributed by atoms with E-state index in [4.69, 9.17) is 9.84 Å². The molecule has 0 radical (unpaired) electrons. The number of carboxylic acids is 1. The molecule has 0 spiro atoms. The molecular weight excluding hydrogens is 533 g/mol. The predicted molar refractivity (Wildman–Crippen MR) is 140 cm³/mol. The summed E-state index contributed by atoms with van der Waals surface area (Å²) in [5.74, 6) is -0.787. The van der Waals surface area contributed by atoms with Crippen molar-refractivity contribution >= 4 is 40.2 Å². The Labute approximate surface area is 224 Å². The first-order valence-electron chi connectivity index (χ1n) is 11.4. The summed E-state index contributed by atoms with van der Waals surface area (Å²) in [6, 6.07) is 18.2. The second-order valence-corrected chi connectivity index (χ2v) is 9.04. The molecule has 1 amide bonds. The van der Waals surface area contributed by atoms with Gasteiger partial charge in [0.1, 0.15) is 12.4 Å². The first-order valence-corrected chi connectivity index (χ1v) is 12.3. The van der Waals surface area contributed by atoms with Crippen LogP contribution in [0.4, 0.5) is 24.0 Å². The highest BCUT2D eigenvalue weighted by atomic mass is 32.1. The number of ether oxygens (including phenoxy) is 1. The van der Waals surface area contributed by atoms with Crippen LogP contribution in [0.1, 0.15) is 32.7 Å². The Bertz CT molecular complexity index is 1470. The Kier molecular flexibility index (Phi) is 8.56. The maximum Gasteiger partial charge on any atom is 0.416 e. The zero-order valence-electron chi connectivity index (χ0n) is 20.1. The smallest absolute Gasteiger partial charge is 0.416 e. The van der Waals surface area contributed by atoms with Crippen LogP contribution in [0.5, 0.6) is 5.75 Å². The molecule has 0 fully saturated rings. The molecular formula is C27H21F3N4O4S. The van der Waals surface area contributed by atoms with Crippen LogP contribution >= 0.6 is 11.3 Å². The van der Waals surface area contributed by atoms with Gasteiger partial charge in [-0.05, 0) is 65.7 Å². The zero-order chi connectivity index (χ0) is 27.8. The van der Waals surface area contributed by atoms with Crippen LogP contribution in [-0.4, -0.2) is 28.2 Å². The monoisotopic (exact) mass is 554 g/mol. The molecule has 0 aliphatic carbocycles. The normalized spacial score (nSPS) is 11.4. The lowest BCUT2D eigenvalue weighted by Gasteiger charge is -2.08. The Morgan fingerprint density at radius 3 is 2.49 bits per heavy atom. The fourth-order valence-electron chi connectivity index (χ4n) is 3.29. The molecule has 0 atom stereocenters. The molecule has 0 aliphatic rings. The number of aromatic nitrogens is 1. The number of aromatic carboxylic acids is 1. The highest BCUT2D eigenvalue weighted by Gasteiger charge is 2.30. The summed E-state index contributed by atoms with van der Waals surface area (Å²) >= 11 is 1.17. The van der Waals surface area contributed by atoms with Gasteiger partial charge in [0.05, 0.1) is 29.5 Å². The van der Waals surface area contributed by atoms with Gasteiger partial charge in [0.2, 0.25) is 5.91 Å². The van der Waals surface area contributed by atoms with Crippen molar-refractivity contribution < 1.29 is 32.6 Å². The number of nitrogens with one attached hydrogen (secondary N) is 2. The molecule has 200 valence electrons. The number of nitrogens with zero attached hydrogens (tertiary/aromatic N) is 2. The van der Waals surface area contributed by atoms with E-state index < -0.39 is 23.6 Å². The number of hydrazone groups is 1. The van der Waals surface area contributed by atoms with Crippen molar-refractivity contribution in [1.29, 1.82) is 0 Å². The number of hydrogen-bond acceptors (Lipinski definition) is 7. The van der Waals surface area contributed by atoms with Crippen LogP contribution in [0, 0.1) is 0 Å². The van der Waals surface area contributed by atoms with Gasteiger partial charge in [0, 0.05) is 11.1 Å². The van der Waals surface area contributed by atoms with Gasteiger partial charge in [-0.3, -0.25) is 4.79 Å². The van der Waals surface area contributed by atoms with Crippen molar-refractivity contribution in [2.45, 2.75) is 19.2 Å². The second kappa shape index (κ2) is 12.2. The molecule has 39 heavy (non-hydrogen) atoms. The number of rotatable bonds is 10. The number of alkyl halides is 3. The molecule has 4 rings (SSSR count). The molecule has 0 saturated heterocycles. The summed E-state index contributed by atoms with van der Waals surface area (Å²) in [4.78, 5) is 27.3. The number of carbonyl (C=O) groups excluding carboxylic acids is 1. The van der Waals surface area contributed by atoms with Gasteiger partial charge in [-0.15, -0.1) is 11.3 Å². The van der Waals surface area contributed by atoms with Crippen LogP contribution in [0.2, 0.25) is 0 Å². The van der Waals surface area contributed by atoms with Crippen molar-refractivity contribution in [3.63, 3.8) is 0 Å². The summed E-state index contributed by atoms with van der Waals surface area (Å²) in [7, 11) is 0. The maximum absolute atomic E-state index is 12.9. The SMILES string of the molecule is O=C(Cc1csc(Nc2cccc(C(F)(F)F)c2)n1)N/N=C\c1ccc(OCc2ccc(C(=O)O)cc2)cc1. The van der Waals surface area contributed by atoms with E-state index in [1.165, 1.54) is 41.8 Å². The largest absolute Gasteiger partial charge is 0.489 e. The quantitative estimate of drug-likeness (QED) is 0.167. The van der Waals surface area contributed by atoms with Gasteiger partial charge in [-0.25, -0.2) is 15.2 Å². The Balaban J connectivity index is 1.22. The second-order valence-electron chi connectivity index (χ2n) is 8.18. The van der Waals surface area contributed by atoms with Gasteiger partial charge in [0.15, 0.2) is 5.13 Å². The highest BCUT2D eigenvalue weighted by Crippen LogP contribution is 2.31. The van der Waals surface area contributed by atoms with Crippen molar-refractivity contribution in [3.8, 4) is 5.75 Å². The fourth-order valence-corrected chi connectivity index (χ4v) is 4.02. The van der Waals surface area contributed by atoms with Crippen molar-refractivity contribution in [2.24, 2.45) is 5.10 Å². The average Bonchev–Trinajstić information content (AvgIpc) is 3.34. The van der Waals surface area contributed by atoms with Crippen LogP contribution in [0.3, 0.4) is 0 Å². The van der Waals surface area contributed by atoms with E-state index >= 15 is 0 Å². The summed E-state index contributed by atoms with van der Waals surface area (Å²) in [6.07, 6.45) is -3.04. The van der Waals surface area contributed by atoms with Gasteiger partial charge in [-0.2, -0.15) is 18.3 Å². The Hall–Kier alpha value is -4.71. The molecule has 4 aromatic rings. The topological polar surface area (TPSA) is 113 Å². The van der Waals surface area contributed by atoms with Crippen molar-refractivity contribution in [3.05, 3.63) is 106 Å². The molecule has 12 heteroatoms. The number of carboxylic acid groups (broad SMARTS) is 1. The molecule has 0 aliphatic heterocycles. The van der Waals surface area contributed by atoms with Crippen molar-refractivity contribution in [2.75, 3.05) is 5.32 Å². The van der Waals surface area contributed by atoms with Crippen LogP contribution in [0.25, 0.3) is 0 Å². The molecule has 8 nitrogen and oxygen atoms in total. The number of thiazole rings is 1. The molecule has 3 N–H and O–H groups in total. The molecule has 1 heterocycles. The maximum atomic E-state index is 12.9. The molecule has 0 bridgehead atoms. The summed E-state index contributed by atoms with van der Waals surface area (Å²) < 4.78 is 44.3. The molecule has 0 saturated carbocycles. The van der Waals surface area contributed by atoms with Gasteiger partial charge in [-0.1, -0.05) is 18.2 Å². The summed E-state index contributed by atoms with van der Waals surface area (Å²) in [5, 5.41) is 17.7. The summed E-state index contributed by atoms with van der Waals surface area (Å²) in [5.41, 5.74) is 4.08. The Morgan fingerprint density at radius 2 is 1.79 bits per heavy atom. The number of benzene rings is 3. The lowest BCUT2D eigenvalue weighted by molar-refractivity contribution is -0.137. The Morgan fingerprint density at radius 1 is 1.05 bits per heavy atom. The van der Waals surface area contributed by atoms with E-state index in [0.717, 1.165) is 23.3 Å². The lowest BCUT2D eigenvalue weighted by atomic mass is 10.1. The minimum absolute atomic E-state index is 0.0572. The third-order valence-electron chi connectivity index (χ3n) is 5.22. The number of amides is 1. The average molecular weight is 555 g/mol. The first kappa shape index (κ1) is 27.3. The first-order chi connectivity index (χ1) is 18.7. The molecule has 3 aromatic carbocycles. The minimum Gasteiger partial charge on any atom is -0.489 e. The lowest BCUT2D eigenvalue weighted by Crippen LogP contribution is -2.19. The predicted octanol–water partition coefficient (Wildman–Crippen LogP) is 5.88. The number of anilines is 2. The van der Waals surface area contributed by atoms with E-state index in [1.54, 1.807) is 41.8 Å². The van der Waals surface area contributed by atoms with E-state index in [1.807, 2.05) is 0 Å². The fraction of sp³-hybridized carbons (Fsp3) is 0.111. The van der Waals surface area contributed by atoms with Crippen molar-refractivity contribution in [1.82, 2.24) is 10.4 Å². The zero-order valence-corrected chi connectivity index (χ0v) is 20.9. The third kappa shape index (κ3) is 8.14. The minimum atomic E-state index is -4.44. The van der Waals surface area contributed by atoms with E-state index in [9.17, 15) is 22.8 Å². The number of hydrogen-bond donors (Lipinski definition) is 3. The van der Waals surface area contributed by atoms with Crippen LogP contribution in [0.15, 0.2) is 83.3 Å². The molecule has 0 unspecified atom stereocenters. The van der Waals surface area contributed by atoms with Gasteiger partial charge >= 0.3 is 12.1 Å². The van der Waals surface area contributed by atoms with E-state index in [0.29, 0.717) is 16.6 Å². The standard InChI is InChI=1S/C27H21F3N4O4S/c28-27(29,30)20-2-1-3-21(12-20)32-26-33-22(16-39-26)13-24(35)34-31-14-17-6-10-23(11-7-17)38-15-18-4-8-19(9-5-18)25(36)37/h1-12,14,16H,13,15H2,(H,32,33)(H,34,35)(H,36,37)/b31-14-. The molecule has 1 aromatic heterocycles. The summed E-state index contributed by atoms with van der Waals surface area (Å²) in [6.45, 7) is 0.275. The van der Waals surface area contributed by atoms with E-state index in [2.05, 4.69) is 20.8 Å². The number of halogens is 3. The third-order valence-corrected chi connectivity index (χ3v) is 6.03.